The van der Waals surface area contributed by atoms with E-state index >= 15 is 0 Å². The Bertz CT molecular complexity index is 145. The summed E-state index contributed by atoms with van der Waals surface area (Å²) in [6.07, 6.45) is 2.47. The molecule has 1 saturated heterocycles. The SMILES string of the molecule is CCN(CC)CCCN1CCC(N)C1. The van der Waals surface area contributed by atoms with Crippen molar-refractivity contribution in [3.05, 3.63) is 0 Å². The fourth-order valence-electron chi connectivity index (χ4n) is 2.12. The quantitative estimate of drug-likeness (QED) is 0.685. The van der Waals surface area contributed by atoms with Crippen molar-refractivity contribution in [3.8, 4) is 0 Å². The molecule has 0 spiro atoms. The molecule has 84 valence electrons. The highest BCUT2D eigenvalue weighted by Gasteiger charge is 2.17. The molecule has 1 rings (SSSR count). The number of likely N-dealkylation sites (tertiary alicyclic amines) is 1. The lowest BCUT2D eigenvalue weighted by Crippen LogP contribution is -2.30. The van der Waals surface area contributed by atoms with Gasteiger partial charge in [0.1, 0.15) is 0 Å². The van der Waals surface area contributed by atoms with E-state index in [4.69, 9.17) is 5.73 Å². The van der Waals surface area contributed by atoms with Crippen LogP contribution in [0, 0.1) is 0 Å². The predicted molar refractivity (Wildman–Crippen MR) is 61.4 cm³/mol. The van der Waals surface area contributed by atoms with Crippen molar-refractivity contribution in [3.63, 3.8) is 0 Å². The minimum Gasteiger partial charge on any atom is -0.326 e. The Morgan fingerprint density at radius 2 is 2.07 bits per heavy atom. The fourth-order valence-corrected chi connectivity index (χ4v) is 2.12. The van der Waals surface area contributed by atoms with E-state index in [0.29, 0.717) is 6.04 Å². The minimum absolute atomic E-state index is 0.434. The summed E-state index contributed by atoms with van der Waals surface area (Å²) in [5.41, 5.74) is 5.86. The van der Waals surface area contributed by atoms with Gasteiger partial charge in [-0.3, -0.25) is 0 Å². The van der Waals surface area contributed by atoms with E-state index in [2.05, 4.69) is 23.6 Å². The molecule has 1 aliphatic rings. The van der Waals surface area contributed by atoms with Crippen LogP contribution in [0.4, 0.5) is 0 Å². The van der Waals surface area contributed by atoms with Crippen molar-refractivity contribution in [1.29, 1.82) is 0 Å². The number of nitrogens with two attached hydrogens (primary N) is 1. The summed E-state index contributed by atoms with van der Waals surface area (Å²) in [5, 5.41) is 0. The first-order valence-electron chi connectivity index (χ1n) is 5.96. The first-order valence-corrected chi connectivity index (χ1v) is 5.96. The molecule has 2 N–H and O–H groups in total. The van der Waals surface area contributed by atoms with E-state index < -0.39 is 0 Å². The van der Waals surface area contributed by atoms with E-state index in [0.717, 1.165) is 6.54 Å². The van der Waals surface area contributed by atoms with Gasteiger partial charge in [0.2, 0.25) is 0 Å². The third kappa shape index (κ3) is 3.95. The largest absolute Gasteiger partial charge is 0.326 e. The van der Waals surface area contributed by atoms with Crippen molar-refractivity contribution in [2.45, 2.75) is 32.7 Å². The van der Waals surface area contributed by atoms with Gasteiger partial charge in [-0.2, -0.15) is 0 Å². The predicted octanol–water partition coefficient (Wildman–Crippen LogP) is 0.751. The van der Waals surface area contributed by atoms with Gasteiger partial charge in [0.15, 0.2) is 0 Å². The van der Waals surface area contributed by atoms with Crippen LogP contribution in [0.1, 0.15) is 26.7 Å². The molecule has 1 aliphatic heterocycles. The Labute approximate surface area is 88.2 Å². The normalized spacial score (nSPS) is 23.6. The highest BCUT2D eigenvalue weighted by Crippen LogP contribution is 2.07. The molecule has 3 nitrogen and oxygen atoms in total. The monoisotopic (exact) mass is 199 g/mol. The number of rotatable bonds is 6. The molecule has 0 aromatic rings. The first-order chi connectivity index (χ1) is 6.76. The molecule has 0 aromatic carbocycles. The summed E-state index contributed by atoms with van der Waals surface area (Å²) in [4.78, 5) is 4.98. The smallest absolute Gasteiger partial charge is 0.0180 e. The zero-order valence-electron chi connectivity index (χ0n) is 9.71. The van der Waals surface area contributed by atoms with Crippen LogP contribution >= 0.6 is 0 Å². The minimum atomic E-state index is 0.434. The molecule has 1 heterocycles. The van der Waals surface area contributed by atoms with Crippen LogP contribution in [0.3, 0.4) is 0 Å². The maximum Gasteiger partial charge on any atom is 0.0180 e. The van der Waals surface area contributed by atoms with Gasteiger partial charge in [0.25, 0.3) is 0 Å². The molecule has 0 aromatic heterocycles. The van der Waals surface area contributed by atoms with Crippen molar-refractivity contribution in [1.82, 2.24) is 9.80 Å². The van der Waals surface area contributed by atoms with Crippen molar-refractivity contribution < 1.29 is 0 Å². The second-order valence-electron chi connectivity index (χ2n) is 4.23. The Morgan fingerprint density at radius 1 is 1.36 bits per heavy atom. The summed E-state index contributed by atoms with van der Waals surface area (Å²) in [7, 11) is 0. The number of nitrogens with zero attached hydrogens (tertiary/aromatic N) is 2. The van der Waals surface area contributed by atoms with Crippen molar-refractivity contribution in [2.75, 3.05) is 39.3 Å². The number of hydrogen-bond acceptors (Lipinski definition) is 3. The molecular weight excluding hydrogens is 174 g/mol. The summed E-state index contributed by atoms with van der Waals surface area (Å²) in [5.74, 6) is 0. The standard InChI is InChI=1S/C11H25N3/c1-3-13(4-2)7-5-8-14-9-6-11(12)10-14/h11H,3-10,12H2,1-2H3. The summed E-state index contributed by atoms with van der Waals surface area (Å²) in [6.45, 7) is 11.6. The molecule has 0 bridgehead atoms. The second-order valence-corrected chi connectivity index (χ2v) is 4.23. The van der Waals surface area contributed by atoms with E-state index in [1.54, 1.807) is 0 Å². The Kier molecular flexibility index (Phi) is 5.45. The second kappa shape index (κ2) is 6.38. The zero-order valence-corrected chi connectivity index (χ0v) is 9.71. The Balaban J connectivity index is 2.03. The van der Waals surface area contributed by atoms with E-state index in [9.17, 15) is 0 Å². The lowest BCUT2D eigenvalue weighted by atomic mass is 10.3. The Hall–Kier alpha value is -0.120. The summed E-state index contributed by atoms with van der Waals surface area (Å²) >= 11 is 0. The van der Waals surface area contributed by atoms with Crippen LogP contribution in [-0.4, -0.2) is 55.1 Å². The van der Waals surface area contributed by atoms with E-state index in [1.807, 2.05) is 0 Å². The van der Waals surface area contributed by atoms with Gasteiger partial charge in [-0.15, -0.1) is 0 Å². The fraction of sp³-hybridized carbons (Fsp3) is 1.00. The van der Waals surface area contributed by atoms with Gasteiger partial charge >= 0.3 is 0 Å². The van der Waals surface area contributed by atoms with Gasteiger partial charge < -0.3 is 15.5 Å². The van der Waals surface area contributed by atoms with Gasteiger partial charge in [-0.25, -0.2) is 0 Å². The zero-order chi connectivity index (χ0) is 10.4. The van der Waals surface area contributed by atoms with Crippen LogP contribution in [0.15, 0.2) is 0 Å². The van der Waals surface area contributed by atoms with Gasteiger partial charge in [-0.05, 0) is 45.6 Å². The molecule has 14 heavy (non-hydrogen) atoms. The molecule has 0 amide bonds. The topological polar surface area (TPSA) is 32.5 Å². The molecule has 1 fully saturated rings. The van der Waals surface area contributed by atoms with E-state index in [1.165, 1.54) is 45.6 Å². The third-order valence-electron chi connectivity index (χ3n) is 3.15. The van der Waals surface area contributed by atoms with Gasteiger partial charge in [0.05, 0.1) is 0 Å². The molecular formula is C11H25N3. The summed E-state index contributed by atoms with van der Waals surface area (Å²) < 4.78 is 0. The molecule has 1 atom stereocenters. The first kappa shape index (κ1) is 12.0. The van der Waals surface area contributed by atoms with Crippen molar-refractivity contribution in [2.24, 2.45) is 5.73 Å². The average Bonchev–Trinajstić information content (AvgIpc) is 2.59. The summed E-state index contributed by atoms with van der Waals surface area (Å²) in [6, 6.07) is 0.434. The molecule has 0 radical (unpaired) electrons. The van der Waals surface area contributed by atoms with E-state index in [-0.39, 0.29) is 0 Å². The Morgan fingerprint density at radius 3 is 2.57 bits per heavy atom. The average molecular weight is 199 g/mol. The lowest BCUT2D eigenvalue weighted by Gasteiger charge is -2.20. The highest BCUT2D eigenvalue weighted by molar-refractivity contribution is 4.77. The van der Waals surface area contributed by atoms with Gasteiger partial charge in [-0.1, -0.05) is 13.8 Å². The van der Waals surface area contributed by atoms with Crippen LogP contribution in [0.5, 0.6) is 0 Å². The van der Waals surface area contributed by atoms with Crippen LogP contribution in [0.2, 0.25) is 0 Å². The van der Waals surface area contributed by atoms with Crippen LogP contribution in [0.25, 0.3) is 0 Å². The van der Waals surface area contributed by atoms with Crippen LogP contribution in [-0.2, 0) is 0 Å². The molecule has 1 unspecified atom stereocenters. The lowest BCUT2D eigenvalue weighted by molar-refractivity contribution is 0.262. The van der Waals surface area contributed by atoms with Crippen molar-refractivity contribution >= 4 is 0 Å². The third-order valence-corrected chi connectivity index (χ3v) is 3.15. The maximum atomic E-state index is 5.86. The molecule has 0 aliphatic carbocycles. The maximum absolute atomic E-state index is 5.86. The molecule has 0 saturated carbocycles. The molecule has 3 heteroatoms. The van der Waals surface area contributed by atoms with Crippen LogP contribution < -0.4 is 5.73 Å². The number of hydrogen-bond donors (Lipinski definition) is 1. The van der Waals surface area contributed by atoms with Gasteiger partial charge in [0, 0.05) is 12.6 Å². The highest BCUT2D eigenvalue weighted by atomic mass is 15.2.